The molecule has 0 aromatic rings. The van der Waals surface area contributed by atoms with Crippen molar-refractivity contribution < 1.29 is 14.3 Å². The van der Waals surface area contributed by atoms with Gasteiger partial charge >= 0.3 is 0 Å². The van der Waals surface area contributed by atoms with Gasteiger partial charge in [-0.25, -0.2) is 0 Å². The van der Waals surface area contributed by atoms with Crippen LogP contribution in [0.4, 0.5) is 0 Å². The zero-order chi connectivity index (χ0) is 15.2. The molecular formula is C17H26O3Si. The van der Waals surface area contributed by atoms with E-state index in [1.165, 1.54) is 10.8 Å². The maximum absolute atomic E-state index is 13.1. The molecule has 1 heterocycles. The van der Waals surface area contributed by atoms with Crippen LogP contribution in [-0.2, 0) is 14.3 Å². The van der Waals surface area contributed by atoms with E-state index in [0.717, 1.165) is 12.8 Å². The molecule has 4 aliphatic rings. The molecule has 0 aromatic carbocycles. The summed E-state index contributed by atoms with van der Waals surface area (Å²) in [6, 6.07) is 0. The van der Waals surface area contributed by atoms with Gasteiger partial charge < -0.3 is 9.47 Å². The maximum Gasteiger partial charge on any atom is 0.172 e. The van der Waals surface area contributed by atoms with Crippen molar-refractivity contribution in [2.45, 2.75) is 52.1 Å². The molecule has 4 rings (SSSR count). The standard InChI is InChI=1S/C17H26O3Si/c1-10-11-12(13(18)14(10)21(3,4)5)16(2)6-7-17(15(11)16)19-8-9-20-17/h11-12,15H,6-9H2,1-5H3/t11-,12+,15-,16-/m1/s1. The zero-order valence-electron chi connectivity index (χ0n) is 13.8. The molecule has 3 nitrogen and oxygen atoms in total. The minimum Gasteiger partial charge on any atom is -0.347 e. The number of ketones is 1. The van der Waals surface area contributed by atoms with E-state index in [1.807, 2.05) is 0 Å². The van der Waals surface area contributed by atoms with E-state index in [9.17, 15) is 4.79 Å². The van der Waals surface area contributed by atoms with Gasteiger partial charge in [0.15, 0.2) is 11.6 Å². The lowest BCUT2D eigenvalue weighted by Crippen LogP contribution is -2.60. The van der Waals surface area contributed by atoms with Gasteiger partial charge in [0, 0.05) is 18.3 Å². The fourth-order valence-electron chi connectivity index (χ4n) is 6.01. The molecule has 1 saturated heterocycles. The van der Waals surface area contributed by atoms with Crippen molar-refractivity contribution in [1.29, 1.82) is 0 Å². The van der Waals surface area contributed by atoms with Crippen LogP contribution in [0.5, 0.6) is 0 Å². The number of carbonyl (C=O) groups is 1. The Morgan fingerprint density at radius 2 is 1.76 bits per heavy atom. The van der Waals surface area contributed by atoms with Crippen LogP contribution in [-0.4, -0.2) is 32.9 Å². The Morgan fingerprint density at radius 3 is 2.33 bits per heavy atom. The monoisotopic (exact) mass is 306 g/mol. The lowest BCUT2D eigenvalue weighted by Gasteiger charge is -2.57. The Labute approximate surface area is 128 Å². The highest BCUT2D eigenvalue weighted by Gasteiger charge is 2.76. The second-order valence-electron chi connectivity index (χ2n) is 8.67. The predicted octanol–water partition coefficient (Wildman–Crippen LogP) is 3.17. The van der Waals surface area contributed by atoms with Crippen molar-refractivity contribution >= 4 is 13.9 Å². The first-order valence-electron chi connectivity index (χ1n) is 8.26. The molecule has 3 aliphatic carbocycles. The van der Waals surface area contributed by atoms with Crippen LogP contribution >= 0.6 is 0 Å². The molecule has 2 saturated carbocycles. The summed E-state index contributed by atoms with van der Waals surface area (Å²) in [5.41, 5.74) is 1.46. The number of rotatable bonds is 1. The Kier molecular flexibility index (Phi) is 2.63. The van der Waals surface area contributed by atoms with Gasteiger partial charge in [0.25, 0.3) is 0 Å². The van der Waals surface area contributed by atoms with Crippen molar-refractivity contribution in [2.24, 2.45) is 23.2 Å². The topological polar surface area (TPSA) is 35.5 Å². The second kappa shape index (κ2) is 3.90. The van der Waals surface area contributed by atoms with Gasteiger partial charge in [-0.15, -0.1) is 0 Å². The van der Waals surface area contributed by atoms with Gasteiger partial charge in [0.1, 0.15) is 0 Å². The summed E-state index contributed by atoms with van der Waals surface area (Å²) in [6.07, 6.45) is 2.03. The molecule has 0 aromatic heterocycles. The molecule has 0 bridgehead atoms. The van der Waals surface area contributed by atoms with Crippen molar-refractivity contribution in [2.75, 3.05) is 13.2 Å². The molecule has 21 heavy (non-hydrogen) atoms. The summed E-state index contributed by atoms with van der Waals surface area (Å²) in [5.74, 6) is 1.05. The summed E-state index contributed by atoms with van der Waals surface area (Å²) in [5, 5.41) is 1.21. The first kappa shape index (κ1) is 14.2. The van der Waals surface area contributed by atoms with Crippen LogP contribution in [0.2, 0.25) is 19.6 Å². The van der Waals surface area contributed by atoms with Crippen LogP contribution in [0.3, 0.4) is 0 Å². The van der Waals surface area contributed by atoms with E-state index in [2.05, 4.69) is 33.5 Å². The van der Waals surface area contributed by atoms with Crippen molar-refractivity contribution in [3.8, 4) is 0 Å². The first-order chi connectivity index (χ1) is 9.72. The summed E-state index contributed by atoms with van der Waals surface area (Å²) in [7, 11) is -1.58. The maximum atomic E-state index is 13.1. The number of hydrogen-bond acceptors (Lipinski definition) is 3. The third-order valence-corrected chi connectivity index (χ3v) is 8.72. The van der Waals surface area contributed by atoms with E-state index in [1.54, 1.807) is 0 Å². The number of fused-ring (bicyclic) bond motifs is 5. The van der Waals surface area contributed by atoms with Crippen LogP contribution in [0.15, 0.2) is 10.8 Å². The largest absolute Gasteiger partial charge is 0.347 e. The molecule has 0 N–H and O–H groups in total. The lowest BCUT2D eigenvalue weighted by molar-refractivity contribution is -0.242. The summed E-state index contributed by atoms with van der Waals surface area (Å²) in [4.78, 5) is 13.1. The van der Waals surface area contributed by atoms with E-state index in [-0.39, 0.29) is 17.1 Å². The van der Waals surface area contributed by atoms with E-state index >= 15 is 0 Å². The number of hydrogen-bond donors (Lipinski definition) is 0. The Bertz CT molecular complexity index is 553. The highest BCUT2D eigenvalue weighted by Crippen LogP contribution is 2.73. The van der Waals surface area contributed by atoms with E-state index in [0.29, 0.717) is 30.8 Å². The highest BCUT2D eigenvalue weighted by molar-refractivity contribution is 6.87. The molecule has 0 radical (unpaired) electrons. The Hall–Kier alpha value is -0.453. The van der Waals surface area contributed by atoms with Gasteiger partial charge in [0.2, 0.25) is 0 Å². The minimum atomic E-state index is -1.58. The number of Topliss-reactive ketones (excluding diaryl/α,β-unsaturated/α-hetero) is 1. The highest BCUT2D eigenvalue weighted by atomic mass is 28.3. The van der Waals surface area contributed by atoms with Gasteiger partial charge in [-0.3, -0.25) is 4.79 Å². The molecule has 0 amide bonds. The second-order valence-corrected chi connectivity index (χ2v) is 13.7. The zero-order valence-corrected chi connectivity index (χ0v) is 14.8. The van der Waals surface area contributed by atoms with Gasteiger partial charge in [-0.05, 0) is 29.9 Å². The quantitative estimate of drug-likeness (QED) is 0.698. The minimum absolute atomic E-state index is 0.0920. The molecular weight excluding hydrogens is 280 g/mol. The average molecular weight is 306 g/mol. The number of ether oxygens (including phenoxy) is 2. The third-order valence-electron chi connectivity index (χ3n) is 6.57. The molecule has 116 valence electrons. The first-order valence-corrected chi connectivity index (χ1v) is 11.8. The third kappa shape index (κ3) is 1.49. The van der Waals surface area contributed by atoms with Gasteiger partial charge in [0.05, 0.1) is 21.3 Å². The van der Waals surface area contributed by atoms with Gasteiger partial charge in [-0.1, -0.05) is 32.1 Å². The Morgan fingerprint density at radius 1 is 1.14 bits per heavy atom. The molecule has 4 heteroatoms. The average Bonchev–Trinajstić information content (AvgIpc) is 2.94. The summed E-state index contributed by atoms with van der Waals surface area (Å²) >= 11 is 0. The van der Waals surface area contributed by atoms with Gasteiger partial charge in [-0.2, -0.15) is 0 Å². The summed E-state index contributed by atoms with van der Waals surface area (Å²) < 4.78 is 12.1. The van der Waals surface area contributed by atoms with Crippen LogP contribution < -0.4 is 0 Å². The molecule has 0 unspecified atom stereocenters. The van der Waals surface area contributed by atoms with Crippen molar-refractivity contribution in [1.82, 2.24) is 0 Å². The van der Waals surface area contributed by atoms with Crippen LogP contribution in [0.25, 0.3) is 0 Å². The normalized spacial score (nSPS) is 44.2. The molecule has 3 fully saturated rings. The lowest BCUT2D eigenvalue weighted by atomic mass is 9.47. The van der Waals surface area contributed by atoms with E-state index in [4.69, 9.17) is 9.47 Å². The van der Waals surface area contributed by atoms with Crippen LogP contribution in [0.1, 0.15) is 26.7 Å². The molecule has 1 aliphatic heterocycles. The van der Waals surface area contributed by atoms with Crippen LogP contribution in [0, 0.1) is 23.2 Å². The number of allylic oxidation sites excluding steroid dienone is 2. The predicted molar refractivity (Wildman–Crippen MR) is 83.5 cm³/mol. The fourth-order valence-corrected chi connectivity index (χ4v) is 8.25. The van der Waals surface area contributed by atoms with Crippen molar-refractivity contribution in [3.05, 3.63) is 10.8 Å². The van der Waals surface area contributed by atoms with E-state index < -0.39 is 8.07 Å². The van der Waals surface area contributed by atoms with Crippen molar-refractivity contribution in [3.63, 3.8) is 0 Å². The Balaban J connectivity index is 1.79. The smallest absolute Gasteiger partial charge is 0.172 e. The number of carbonyl (C=O) groups excluding carboxylic acids is 1. The fraction of sp³-hybridized carbons (Fsp3) is 0.824. The molecule has 4 atom stereocenters. The SMILES string of the molecule is CC1=C([Si](C)(C)C)C(=O)[C@@H]2[C@@H]1[C@H]1C3(CC[C@]21C)OCCO3. The summed E-state index contributed by atoms with van der Waals surface area (Å²) in [6.45, 7) is 12.8. The molecule has 1 spiro atoms.